The van der Waals surface area contributed by atoms with Gasteiger partial charge in [0.05, 0.1) is 18.0 Å². The van der Waals surface area contributed by atoms with Gasteiger partial charge in [0.1, 0.15) is 5.75 Å². The average Bonchev–Trinajstić information content (AvgIpc) is 3.23. The zero-order chi connectivity index (χ0) is 23.2. The zero-order valence-corrected chi connectivity index (χ0v) is 18.6. The molecule has 1 amide bonds. The molecule has 0 unspecified atom stereocenters. The minimum absolute atomic E-state index is 0.136. The fourth-order valence-electron chi connectivity index (χ4n) is 3.51. The lowest BCUT2D eigenvalue weighted by molar-refractivity contribution is -0.116. The standard InChI is InChI=1S/C24H26N6O3/c1-3-33-20-12-8-7-11-19(20)27-21(31)14-13-18-16(2)26-24-28-23(29-30(24)22(18)32)25-15-17-9-5-4-6-10-17/h4-12H,3,13-15H2,1-2H3,(H,27,31)(H2,25,26,28,29). The Morgan fingerprint density at radius 1 is 1.09 bits per heavy atom. The fourth-order valence-corrected chi connectivity index (χ4v) is 3.51. The summed E-state index contributed by atoms with van der Waals surface area (Å²) < 4.78 is 6.85. The summed E-state index contributed by atoms with van der Waals surface area (Å²) in [5, 5.41) is 8.98. The number of nitrogens with one attached hydrogen (secondary N) is 3. The molecule has 0 aliphatic rings. The number of fused-ring (bicyclic) bond motifs is 1. The molecule has 3 N–H and O–H groups in total. The third kappa shape index (κ3) is 5.20. The molecule has 4 aromatic rings. The highest BCUT2D eigenvalue weighted by molar-refractivity contribution is 5.92. The number of aryl methyl sites for hydroxylation is 1. The molecule has 0 bridgehead atoms. The maximum Gasteiger partial charge on any atom is 0.277 e. The van der Waals surface area contributed by atoms with E-state index < -0.39 is 0 Å². The van der Waals surface area contributed by atoms with E-state index in [-0.39, 0.29) is 30.1 Å². The highest BCUT2D eigenvalue weighted by Crippen LogP contribution is 2.23. The van der Waals surface area contributed by atoms with Crippen molar-refractivity contribution < 1.29 is 9.53 Å². The average molecular weight is 447 g/mol. The van der Waals surface area contributed by atoms with Crippen molar-refractivity contribution in [3.8, 4) is 5.75 Å². The summed E-state index contributed by atoms with van der Waals surface area (Å²) >= 11 is 0. The van der Waals surface area contributed by atoms with Crippen LogP contribution < -0.4 is 20.9 Å². The SMILES string of the molecule is CCOc1ccccc1NC(=O)CCc1c(C)nc2nc(NCc3ccccc3)[nH]n2c1=O. The lowest BCUT2D eigenvalue weighted by Gasteiger charge is -2.11. The molecule has 0 saturated carbocycles. The Balaban J connectivity index is 1.45. The molecule has 2 aromatic heterocycles. The van der Waals surface area contributed by atoms with E-state index in [0.717, 1.165) is 5.56 Å². The van der Waals surface area contributed by atoms with Crippen molar-refractivity contribution in [3.63, 3.8) is 0 Å². The van der Waals surface area contributed by atoms with Gasteiger partial charge in [0.25, 0.3) is 11.3 Å². The van der Waals surface area contributed by atoms with E-state index in [1.54, 1.807) is 19.1 Å². The highest BCUT2D eigenvalue weighted by Gasteiger charge is 2.15. The number of amides is 1. The predicted molar refractivity (Wildman–Crippen MR) is 127 cm³/mol. The largest absolute Gasteiger partial charge is 0.492 e. The lowest BCUT2D eigenvalue weighted by Crippen LogP contribution is -2.23. The summed E-state index contributed by atoms with van der Waals surface area (Å²) in [7, 11) is 0. The highest BCUT2D eigenvalue weighted by atomic mass is 16.5. The van der Waals surface area contributed by atoms with Crippen LogP contribution in [-0.2, 0) is 17.8 Å². The molecule has 33 heavy (non-hydrogen) atoms. The van der Waals surface area contributed by atoms with Gasteiger partial charge in [0.15, 0.2) is 0 Å². The number of anilines is 2. The van der Waals surface area contributed by atoms with Crippen molar-refractivity contribution in [3.05, 3.63) is 81.8 Å². The Hall–Kier alpha value is -4.14. The van der Waals surface area contributed by atoms with Crippen molar-refractivity contribution in [2.24, 2.45) is 0 Å². The van der Waals surface area contributed by atoms with Gasteiger partial charge in [-0.15, -0.1) is 0 Å². The van der Waals surface area contributed by atoms with Crippen LogP contribution in [0, 0.1) is 6.92 Å². The number of nitrogens with zero attached hydrogens (tertiary/aromatic N) is 3. The van der Waals surface area contributed by atoms with Gasteiger partial charge in [-0.3, -0.25) is 14.7 Å². The monoisotopic (exact) mass is 446 g/mol. The lowest BCUT2D eigenvalue weighted by atomic mass is 10.1. The second-order valence-electron chi connectivity index (χ2n) is 7.51. The summed E-state index contributed by atoms with van der Waals surface area (Å²) in [5.41, 5.74) is 2.46. The predicted octanol–water partition coefficient (Wildman–Crippen LogP) is 3.31. The molecule has 9 nitrogen and oxygen atoms in total. The number of H-pyrrole nitrogens is 1. The minimum Gasteiger partial charge on any atom is -0.492 e. The van der Waals surface area contributed by atoms with E-state index >= 15 is 0 Å². The summed E-state index contributed by atoms with van der Waals surface area (Å²) in [6.45, 7) is 4.70. The maximum atomic E-state index is 13.0. The summed E-state index contributed by atoms with van der Waals surface area (Å²) in [4.78, 5) is 34.3. The van der Waals surface area contributed by atoms with Gasteiger partial charge in [-0.25, -0.2) is 4.98 Å². The summed E-state index contributed by atoms with van der Waals surface area (Å²) in [5.74, 6) is 1.14. The third-order valence-electron chi connectivity index (χ3n) is 5.16. The third-order valence-corrected chi connectivity index (χ3v) is 5.16. The normalized spacial score (nSPS) is 10.8. The number of carbonyl (C=O) groups is 1. The Morgan fingerprint density at radius 3 is 2.64 bits per heavy atom. The molecular weight excluding hydrogens is 420 g/mol. The molecule has 0 aliphatic carbocycles. The van der Waals surface area contributed by atoms with Gasteiger partial charge >= 0.3 is 0 Å². The Bertz CT molecular complexity index is 1310. The quantitative estimate of drug-likeness (QED) is 0.364. The van der Waals surface area contributed by atoms with Gasteiger partial charge < -0.3 is 15.4 Å². The van der Waals surface area contributed by atoms with E-state index in [2.05, 4.69) is 25.7 Å². The first-order chi connectivity index (χ1) is 16.0. The fraction of sp³-hybridized carbons (Fsp3) is 0.250. The van der Waals surface area contributed by atoms with E-state index in [4.69, 9.17) is 4.74 Å². The first kappa shape index (κ1) is 22.1. The van der Waals surface area contributed by atoms with Crippen LogP contribution in [0.4, 0.5) is 11.6 Å². The molecule has 9 heteroatoms. The Labute approximate surface area is 190 Å². The van der Waals surface area contributed by atoms with Crippen LogP contribution in [0.5, 0.6) is 5.75 Å². The molecule has 0 radical (unpaired) electrons. The number of hydrogen-bond donors (Lipinski definition) is 3. The van der Waals surface area contributed by atoms with Gasteiger partial charge in [0, 0.05) is 18.5 Å². The molecule has 0 saturated heterocycles. The van der Waals surface area contributed by atoms with Crippen LogP contribution in [0.25, 0.3) is 5.78 Å². The maximum absolute atomic E-state index is 13.0. The van der Waals surface area contributed by atoms with Crippen LogP contribution in [0.2, 0.25) is 0 Å². The van der Waals surface area contributed by atoms with Gasteiger partial charge in [-0.1, -0.05) is 42.5 Å². The summed E-state index contributed by atoms with van der Waals surface area (Å²) in [6.07, 6.45) is 0.395. The Morgan fingerprint density at radius 2 is 1.85 bits per heavy atom. The molecular formula is C24H26N6O3. The molecule has 4 rings (SSSR count). The molecule has 0 fully saturated rings. The first-order valence-electron chi connectivity index (χ1n) is 10.8. The van der Waals surface area contributed by atoms with E-state index in [0.29, 0.717) is 41.8 Å². The molecule has 0 spiro atoms. The molecule has 0 atom stereocenters. The van der Waals surface area contributed by atoms with Gasteiger partial charge in [-0.2, -0.15) is 9.50 Å². The number of hydrogen-bond acceptors (Lipinski definition) is 6. The molecule has 2 heterocycles. The number of carbonyl (C=O) groups excluding carboxylic acids is 1. The van der Waals surface area contributed by atoms with Crippen molar-refractivity contribution in [1.29, 1.82) is 0 Å². The van der Waals surface area contributed by atoms with Crippen LogP contribution in [0.15, 0.2) is 59.4 Å². The number of rotatable bonds is 9. The number of para-hydroxylation sites is 2. The van der Waals surface area contributed by atoms with E-state index in [1.165, 1.54) is 4.52 Å². The number of aromatic nitrogens is 4. The molecule has 2 aromatic carbocycles. The van der Waals surface area contributed by atoms with Crippen LogP contribution in [0.3, 0.4) is 0 Å². The molecule has 0 aliphatic heterocycles. The van der Waals surface area contributed by atoms with Gasteiger partial charge in [-0.05, 0) is 38.0 Å². The van der Waals surface area contributed by atoms with Gasteiger partial charge in [0.2, 0.25) is 11.9 Å². The van der Waals surface area contributed by atoms with Crippen molar-refractivity contribution in [1.82, 2.24) is 19.6 Å². The zero-order valence-electron chi connectivity index (χ0n) is 18.6. The Kier molecular flexibility index (Phi) is 6.68. The van der Waals surface area contributed by atoms with Crippen molar-refractivity contribution in [2.45, 2.75) is 33.2 Å². The second kappa shape index (κ2) is 9.99. The van der Waals surface area contributed by atoms with Crippen LogP contribution in [0.1, 0.15) is 30.2 Å². The topological polar surface area (TPSA) is 113 Å². The van der Waals surface area contributed by atoms with E-state index in [9.17, 15) is 9.59 Å². The molecule has 170 valence electrons. The van der Waals surface area contributed by atoms with Crippen molar-refractivity contribution >= 4 is 23.3 Å². The van der Waals surface area contributed by atoms with Crippen LogP contribution >= 0.6 is 0 Å². The smallest absolute Gasteiger partial charge is 0.277 e. The van der Waals surface area contributed by atoms with E-state index in [1.807, 2.05) is 49.4 Å². The number of benzene rings is 2. The number of aromatic amines is 1. The van der Waals surface area contributed by atoms with Crippen LogP contribution in [-0.4, -0.2) is 32.1 Å². The second-order valence-corrected chi connectivity index (χ2v) is 7.51. The minimum atomic E-state index is -0.264. The summed E-state index contributed by atoms with van der Waals surface area (Å²) in [6, 6.07) is 17.1. The van der Waals surface area contributed by atoms with Crippen molar-refractivity contribution in [2.75, 3.05) is 17.2 Å². The first-order valence-corrected chi connectivity index (χ1v) is 10.8. The number of ether oxygens (including phenoxy) is 1.